The molecule has 134 valence electrons. The van der Waals surface area contributed by atoms with Gasteiger partial charge in [-0.15, -0.1) is 0 Å². The Morgan fingerprint density at radius 3 is 2.56 bits per heavy atom. The van der Waals surface area contributed by atoms with Crippen LogP contribution >= 0.6 is 0 Å². The Morgan fingerprint density at radius 2 is 1.84 bits per heavy atom. The third-order valence-electron chi connectivity index (χ3n) is 5.22. The molecule has 1 aliphatic heterocycles. The van der Waals surface area contributed by atoms with Gasteiger partial charge in [-0.3, -0.25) is 4.90 Å². The molecule has 1 heterocycles. The summed E-state index contributed by atoms with van der Waals surface area (Å²) >= 11 is 0. The molecule has 0 aliphatic carbocycles. The quantitative estimate of drug-likeness (QED) is 0.831. The Labute approximate surface area is 152 Å². The second kappa shape index (κ2) is 9.02. The number of nitrogens with one attached hydrogen (secondary N) is 1. The van der Waals surface area contributed by atoms with E-state index in [1.165, 1.54) is 42.6 Å². The van der Waals surface area contributed by atoms with Crippen LogP contribution in [-0.4, -0.2) is 37.7 Å². The summed E-state index contributed by atoms with van der Waals surface area (Å²) in [6, 6.07) is 17.8. The molecule has 25 heavy (non-hydrogen) atoms. The largest absolute Gasteiger partial charge is 0.497 e. The molecule has 1 saturated heterocycles. The summed E-state index contributed by atoms with van der Waals surface area (Å²) in [5.74, 6) is 0.954. The van der Waals surface area contributed by atoms with Crippen molar-refractivity contribution in [3.63, 3.8) is 0 Å². The number of benzene rings is 2. The van der Waals surface area contributed by atoms with Crippen molar-refractivity contribution in [1.82, 2.24) is 10.2 Å². The van der Waals surface area contributed by atoms with Crippen molar-refractivity contribution < 1.29 is 4.74 Å². The van der Waals surface area contributed by atoms with E-state index in [0.717, 1.165) is 25.3 Å². The van der Waals surface area contributed by atoms with Gasteiger partial charge in [0.2, 0.25) is 0 Å². The van der Waals surface area contributed by atoms with Gasteiger partial charge in [0, 0.05) is 12.6 Å². The molecule has 0 aromatic heterocycles. The number of nitrogens with zero attached hydrogens (tertiary/aromatic N) is 1. The topological polar surface area (TPSA) is 24.5 Å². The zero-order valence-corrected chi connectivity index (χ0v) is 15.5. The van der Waals surface area contributed by atoms with E-state index in [4.69, 9.17) is 4.74 Å². The van der Waals surface area contributed by atoms with Crippen LogP contribution in [0.2, 0.25) is 0 Å². The summed E-state index contributed by atoms with van der Waals surface area (Å²) in [6.45, 7) is 6.67. The molecule has 0 saturated carbocycles. The van der Waals surface area contributed by atoms with Crippen LogP contribution in [0.25, 0.3) is 0 Å². The molecule has 0 unspecified atom stereocenters. The standard InChI is InChI=1S/C22H30N2O/c1-18-8-9-22(25-2)16-20(18)10-13-23-21-11-14-24(15-12-21)17-19-6-4-3-5-7-19/h3-9,16,21,23H,10-15,17H2,1-2H3. The SMILES string of the molecule is COc1ccc(C)c(CCNC2CCN(Cc3ccccc3)CC2)c1. The van der Waals surface area contributed by atoms with Crippen LogP contribution < -0.4 is 10.1 Å². The summed E-state index contributed by atoms with van der Waals surface area (Å²) in [7, 11) is 1.73. The van der Waals surface area contributed by atoms with Crippen LogP contribution in [0.1, 0.15) is 29.5 Å². The normalized spacial score (nSPS) is 16.1. The minimum absolute atomic E-state index is 0.651. The average molecular weight is 338 g/mol. The van der Waals surface area contributed by atoms with Crippen LogP contribution in [0, 0.1) is 6.92 Å². The lowest BCUT2D eigenvalue weighted by atomic mass is 10.0. The van der Waals surface area contributed by atoms with Gasteiger partial charge < -0.3 is 10.1 Å². The maximum absolute atomic E-state index is 5.34. The second-order valence-corrected chi connectivity index (χ2v) is 7.03. The fraction of sp³-hybridized carbons (Fsp3) is 0.455. The molecule has 0 radical (unpaired) electrons. The molecule has 3 nitrogen and oxygen atoms in total. The molecule has 2 aromatic rings. The highest BCUT2D eigenvalue weighted by molar-refractivity contribution is 5.35. The molecule has 0 spiro atoms. The Balaban J connectivity index is 1.39. The van der Waals surface area contributed by atoms with E-state index in [0.29, 0.717) is 6.04 Å². The molecule has 0 bridgehead atoms. The van der Waals surface area contributed by atoms with E-state index in [1.807, 2.05) is 6.07 Å². The number of ether oxygens (including phenoxy) is 1. The minimum Gasteiger partial charge on any atom is -0.497 e. The van der Waals surface area contributed by atoms with Crippen LogP contribution in [0.15, 0.2) is 48.5 Å². The fourth-order valence-corrected chi connectivity index (χ4v) is 3.59. The number of hydrogen-bond donors (Lipinski definition) is 1. The number of piperidine rings is 1. The third-order valence-corrected chi connectivity index (χ3v) is 5.22. The van der Waals surface area contributed by atoms with Gasteiger partial charge in [0.25, 0.3) is 0 Å². The summed E-state index contributed by atoms with van der Waals surface area (Å²) in [5.41, 5.74) is 4.15. The predicted molar refractivity (Wildman–Crippen MR) is 104 cm³/mol. The van der Waals surface area contributed by atoms with Gasteiger partial charge in [-0.25, -0.2) is 0 Å². The van der Waals surface area contributed by atoms with Gasteiger partial charge in [0.1, 0.15) is 5.75 Å². The van der Waals surface area contributed by atoms with Gasteiger partial charge >= 0.3 is 0 Å². The van der Waals surface area contributed by atoms with Crippen LogP contribution in [0.4, 0.5) is 0 Å². The summed E-state index contributed by atoms with van der Waals surface area (Å²) < 4.78 is 5.34. The highest BCUT2D eigenvalue weighted by Gasteiger charge is 2.18. The number of hydrogen-bond acceptors (Lipinski definition) is 3. The Hall–Kier alpha value is -1.84. The molecule has 1 aliphatic rings. The zero-order chi connectivity index (χ0) is 17.5. The summed E-state index contributed by atoms with van der Waals surface area (Å²) in [6.07, 6.45) is 3.54. The number of likely N-dealkylation sites (tertiary alicyclic amines) is 1. The first-order chi connectivity index (χ1) is 12.2. The number of aryl methyl sites for hydroxylation is 1. The van der Waals surface area contributed by atoms with Crippen molar-refractivity contribution >= 4 is 0 Å². The van der Waals surface area contributed by atoms with Crippen molar-refractivity contribution in [3.8, 4) is 5.75 Å². The van der Waals surface area contributed by atoms with Crippen LogP contribution in [0.5, 0.6) is 5.75 Å². The van der Waals surface area contributed by atoms with Gasteiger partial charge in [-0.05, 0) is 74.6 Å². The van der Waals surface area contributed by atoms with Crippen molar-refractivity contribution in [1.29, 1.82) is 0 Å². The monoisotopic (exact) mass is 338 g/mol. The average Bonchev–Trinajstić information content (AvgIpc) is 2.65. The van der Waals surface area contributed by atoms with E-state index in [-0.39, 0.29) is 0 Å². The lowest BCUT2D eigenvalue weighted by molar-refractivity contribution is 0.191. The molecule has 3 rings (SSSR count). The number of methoxy groups -OCH3 is 1. The smallest absolute Gasteiger partial charge is 0.119 e. The van der Waals surface area contributed by atoms with Crippen molar-refractivity contribution in [2.24, 2.45) is 0 Å². The van der Waals surface area contributed by atoms with E-state index in [9.17, 15) is 0 Å². The highest BCUT2D eigenvalue weighted by atomic mass is 16.5. The van der Waals surface area contributed by atoms with Gasteiger partial charge in [0.05, 0.1) is 7.11 Å². The van der Waals surface area contributed by atoms with Gasteiger partial charge in [-0.2, -0.15) is 0 Å². The highest BCUT2D eigenvalue weighted by Crippen LogP contribution is 2.18. The first-order valence-corrected chi connectivity index (χ1v) is 9.38. The summed E-state index contributed by atoms with van der Waals surface area (Å²) in [5, 5.41) is 3.75. The first-order valence-electron chi connectivity index (χ1n) is 9.38. The second-order valence-electron chi connectivity index (χ2n) is 7.03. The lowest BCUT2D eigenvalue weighted by Crippen LogP contribution is -2.42. The zero-order valence-electron chi connectivity index (χ0n) is 15.5. The maximum atomic E-state index is 5.34. The molecule has 1 fully saturated rings. The third kappa shape index (κ3) is 5.32. The molecule has 3 heteroatoms. The summed E-state index contributed by atoms with van der Waals surface area (Å²) in [4.78, 5) is 2.57. The van der Waals surface area contributed by atoms with Gasteiger partial charge in [-0.1, -0.05) is 36.4 Å². The maximum Gasteiger partial charge on any atom is 0.119 e. The van der Waals surface area contributed by atoms with Crippen molar-refractivity contribution in [2.45, 2.75) is 38.8 Å². The minimum atomic E-state index is 0.651. The van der Waals surface area contributed by atoms with Crippen LogP contribution in [0.3, 0.4) is 0 Å². The molecular weight excluding hydrogens is 308 g/mol. The molecular formula is C22H30N2O. The van der Waals surface area contributed by atoms with Crippen molar-refractivity contribution in [2.75, 3.05) is 26.7 Å². The predicted octanol–water partition coefficient (Wildman–Crippen LogP) is 3.80. The van der Waals surface area contributed by atoms with Gasteiger partial charge in [0.15, 0.2) is 0 Å². The molecule has 2 aromatic carbocycles. The number of rotatable bonds is 7. The Morgan fingerprint density at radius 1 is 1.08 bits per heavy atom. The van der Waals surface area contributed by atoms with E-state index in [2.05, 4.69) is 59.6 Å². The fourth-order valence-electron chi connectivity index (χ4n) is 3.59. The first kappa shape index (κ1) is 18.0. The van der Waals surface area contributed by atoms with Crippen molar-refractivity contribution in [3.05, 3.63) is 65.2 Å². The Bertz CT molecular complexity index is 648. The van der Waals surface area contributed by atoms with E-state index >= 15 is 0 Å². The van der Waals surface area contributed by atoms with Crippen LogP contribution in [-0.2, 0) is 13.0 Å². The lowest BCUT2D eigenvalue weighted by Gasteiger charge is -2.32. The van der Waals surface area contributed by atoms with E-state index < -0.39 is 0 Å². The van der Waals surface area contributed by atoms with E-state index in [1.54, 1.807) is 7.11 Å². The molecule has 1 N–H and O–H groups in total. The Kier molecular flexibility index (Phi) is 6.48. The molecule has 0 amide bonds. The molecule has 0 atom stereocenters.